The highest BCUT2D eigenvalue weighted by atomic mass is 16.6. The molecule has 0 unspecified atom stereocenters. The SMILES string of the molecule is CCO/N=C1\CCCc2ccc(N3C(=O)C4=C(CCCC4)C3=O)cc21. The van der Waals surface area contributed by atoms with E-state index < -0.39 is 0 Å². The van der Waals surface area contributed by atoms with Gasteiger partial charge in [-0.05, 0) is 69.6 Å². The second-order valence-corrected chi connectivity index (χ2v) is 6.76. The molecule has 5 heteroatoms. The van der Waals surface area contributed by atoms with Gasteiger partial charge in [-0.25, -0.2) is 4.90 Å². The Morgan fingerprint density at radius 1 is 1.00 bits per heavy atom. The molecule has 3 aliphatic rings. The van der Waals surface area contributed by atoms with Crippen LogP contribution in [-0.2, 0) is 20.8 Å². The van der Waals surface area contributed by atoms with Crippen LogP contribution in [0.1, 0.15) is 56.6 Å². The van der Waals surface area contributed by atoms with E-state index in [9.17, 15) is 9.59 Å². The summed E-state index contributed by atoms with van der Waals surface area (Å²) in [5, 5.41) is 4.24. The van der Waals surface area contributed by atoms with Gasteiger partial charge in [0, 0.05) is 16.7 Å². The van der Waals surface area contributed by atoms with Crippen molar-refractivity contribution in [1.29, 1.82) is 0 Å². The molecule has 1 aromatic carbocycles. The van der Waals surface area contributed by atoms with E-state index in [0.29, 0.717) is 12.3 Å². The Labute approximate surface area is 147 Å². The van der Waals surface area contributed by atoms with Crippen LogP contribution in [0, 0.1) is 0 Å². The van der Waals surface area contributed by atoms with Crippen molar-refractivity contribution in [1.82, 2.24) is 0 Å². The first-order valence-corrected chi connectivity index (χ1v) is 9.13. The fourth-order valence-electron chi connectivity index (χ4n) is 3.98. The predicted molar refractivity (Wildman–Crippen MR) is 95.5 cm³/mol. The Balaban J connectivity index is 1.71. The summed E-state index contributed by atoms with van der Waals surface area (Å²) in [5.74, 6) is -0.280. The van der Waals surface area contributed by atoms with Crippen LogP contribution in [0.2, 0.25) is 0 Å². The van der Waals surface area contributed by atoms with E-state index in [1.807, 2.05) is 25.1 Å². The van der Waals surface area contributed by atoms with Gasteiger partial charge in [0.1, 0.15) is 6.61 Å². The van der Waals surface area contributed by atoms with Gasteiger partial charge in [-0.1, -0.05) is 11.2 Å². The number of fused-ring (bicyclic) bond motifs is 1. The summed E-state index contributed by atoms with van der Waals surface area (Å²) in [6.07, 6.45) is 6.29. The average Bonchev–Trinajstić information content (AvgIpc) is 2.91. The van der Waals surface area contributed by atoms with Gasteiger partial charge in [-0.3, -0.25) is 9.59 Å². The zero-order chi connectivity index (χ0) is 17.4. The molecule has 0 bridgehead atoms. The molecule has 1 aromatic rings. The fourth-order valence-corrected chi connectivity index (χ4v) is 3.98. The fraction of sp³-hybridized carbons (Fsp3) is 0.450. The quantitative estimate of drug-likeness (QED) is 0.626. The molecule has 0 fully saturated rings. The highest BCUT2D eigenvalue weighted by Gasteiger charge is 2.39. The van der Waals surface area contributed by atoms with E-state index >= 15 is 0 Å². The van der Waals surface area contributed by atoms with Gasteiger partial charge in [0.25, 0.3) is 11.8 Å². The van der Waals surface area contributed by atoms with Crippen LogP contribution in [0.4, 0.5) is 5.69 Å². The van der Waals surface area contributed by atoms with E-state index in [0.717, 1.165) is 67.4 Å². The summed E-state index contributed by atoms with van der Waals surface area (Å²) in [4.78, 5) is 32.1. The molecular formula is C20H22N2O3. The monoisotopic (exact) mass is 338 g/mol. The van der Waals surface area contributed by atoms with Crippen LogP contribution in [0.5, 0.6) is 0 Å². The zero-order valence-electron chi connectivity index (χ0n) is 14.5. The minimum Gasteiger partial charge on any atom is -0.396 e. The maximum absolute atomic E-state index is 12.8. The van der Waals surface area contributed by atoms with Gasteiger partial charge in [-0.2, -0.15) is 0 Å². The van der Waals surface area contributed by atoms with Crippen molar-refractivity contribution >= 4 is 23.2 Å². The molecule has 4 rings (SSSR count). The van der Waals surface area contributed by atoms with Crippen molar-refractivity contribution in [2.24, 2.45) is 5.16 Å². The Hall–Kier alpha value is -2.43. The maximum atomic E-state index is 12.8. The van der Waals surface area contributed by atoms with Gasteiger partial charge in [0.15, 0.2) is 0 Å². The number of carbonyl (C=O) groups is 2. The lowest BCUT2D eigenvalue weighted by Crippen LogP contribution is -2.32. The molecule has 0 radical (unpaired) electrons. The largest absolute Gasteiger partial charge is 0.396 e. The van der Waals surface area contributed by atoms with Crippen molar-refractivity contribution in [3.8, 4) is 0 Å². The number of carbonyl (C=O) groups excluding carboxylic acids is 2. The van der Waals surface area contributed by atoms with Crippen LogP contribution in [0.15, 0.2) is 34.5 Å². The van der Waals surface area contributed by atoms with Gasteiger partial charge in [0.05, 0.1) is 11.4 Å². The van der Waals surface area contributed by atoms with Gasteiger partial charge in [0.2, 0.25) is 0 Å². The van der Waals surface area contributed by atoms with Crippen LogP contribution in [0.3, 0.4) is 0 Å². The smallest absolute Gasteiger partial charge is 0.261 e. The minimum atomic E-state index is -0.140. The van der Waals surface area contributed by atoms with Crippen molar-refractivity contribution in [2.45, 2.75) is 51.9 Å². The van der Waals surface area contributed by atoms with E-state index in [4.69, 9.17) is 4.84 Å². The van der Waals surface area contributed by atoms with E-state index in [1.165, 1.54) is 10.5 Å². The van der Waals surface area contributed by atoms with Crippen LogP contribution in [0.25, 0.3) is 0 Å². The molecular weight excluding hydrogens is 316 g/mol. The highest BCUT2D eigenvalue weighted by Crippen LogP contribution is 2.36. The summed E-state index contributed by atoms with van der Waals surface area (Å²) >= 11 is 0. The van der Waals surface area contributed by atoms with Crippen LogP contribution < -0.4 is 4.90 Å². The molecule has 0 atom stereocenters. The molecule has 0 saturated heterocycles. The molecule has 1 heterocycles. The molecule has 0 spiro atoms. The van der Waals surface area contributed by atoms with E-state index in [-0.39, 0.29) is 11.8 Å². The van der Waals surface area contributed by atoms with Gasteiger partial charge >= 0.3 is 0 Å². The second kappa shape index (κ2) is 6.47. The Morgan fingerprint density at radius 2 is 1.72 bits per heavy atom. The third-order valence-corrected chi connectivity index (χ3v) is 5.22. The number of rotatable bonds is 3. The van der Waals surface area contributed by atoms with Gasteiger partial charge in [-0.15, -0.1) is 0 Å². The summed E-state index contributed by atoms with van der Waals surface area (Å²) in [5.41, 5.74) is 5.19. The highest BCUT2D eigenvalue weighted by molar-refractivity contribution is 6.33. The topological polar surface area (TPSA) is 59.0 Å². The summed E-state index contributed by atoms with van der Waals surface area (Å²) in [6.45, 7) is 2.43. The second-order valence-electron chi connectivity index (χ2n) is 6.76. The van der Waals surface area contributed by atoms with Gasteiger partial charge < -0.3 is 4.84 Å². The molecule has 2 amide bonds. The standard InChI is InChI=1S/C20H22N2O3/c1-2-25-21-18-9-5-6-13-10-11-14(12-17(13)18)22-19(23)15-7-3-4-8-16(15)20(22)24/h10-12H,2-9H2,1H3/b21-18+. The molecule has 0 saturated carbocycles. The number of amides is 2. The number of aryl methyl sites for hydroxylation is 1. The maximum Gasteiger partial charge on any atom is 0.261 e. The van der Waals surface area contributed by atoms with Crippen molar-refractivity contribution in [2.75, 3.05) is 11.5 Å². The third kappa shape index (κ3) is 2.68. The molecule has 25 heavy (non-hydrogen) atoms. The van der Waals surface area contributed by atoms with Crippen molar-refractivity contribution in [3.05, 3.63) is 40.5 Å². The van der Waals surface area contributed by atoms with Crippen LogP contribution >= 0.6 is 0 Å². The summed E-state index contributed by atoms with van der Waals surface area (Å²) in [7, 11) is 0. The minimum absolute atomic E-state index is 0.140. The number of imide groups is 1. The van der Waals surface area contributed by atoms with Crippen LogP contribution in [-0.4, -0.2) is 24.1 Å². The first-order valence-electron chi connectivity index (χ1n) is 9.13. The third-order valence-electron chi connectivity index (χ3n) is 5.22. The molecule has 1 aliphatic heterocycles. The average molecular weight is 338 g/mol. The molecule has 0 aromatic heterocycles. The lowest BCUT2D eigenvalue weighted by Gasteiger charge is -2.21. The normalized spacial score (nSPS) is 21.6. The molecule has 0 N–H and O–H groups in total. The number of nitrogens with zero attached hydrogens (tertiary/aromatic N) is 2. The zero-order valence-corrected chi connectivity index (χ0v) is 14.5. The van der Waals surface area contributed by atoms with E-state index in [2.05, 4.69) is 5.16 Å². The predicted octanol–water partition coefficient (Wildman–Crippen LogP) is 3.51. The number of anilines is 1. The lowest BCUT2D eigenvalue weighted by molar-refractivity contribution is -0.120. The number of oxime groups is 1. The molecule has 5 nitrogen and oxygen atoms in total. The summed E-state index contributed by atoms with van der Waals surface area (Å²) < 4.78 is 0. The molecule has 2 aliphatic carbocycles. The molecule has 130 valence electrons. The Bertz CT molecular complexity index is 779. The number of hydrogen-bond donors (Lipinski definition) is 0. The Morgan fingerprint density at radius 3 is 2.40 bits per heavy atom. The summed E-state index contributed by atoms with van der Waals surface area (Å²) in [6, 6.07) is 5.83. The first-order chi connectivity index (χ1) is 12.2. The van der Waals surface area contributed by atoms with Crippen molar-refractivity contribution in [3.63, 3.8) is 0 Å². The first kappa shape index (κ1) is 16.1. The van der Waals surface area contributed by atoms with Crippen molar-refractivity contribution < 1.29 is 14.4 Å². The Kier molecular flexibility index (Phi) is 4.15. The number of benzene rings is 1. The van der Waals surface area contributed by atoms with E-state index in [1.54, 1.807) is 0 Å². The number of hydrogen-bond acceptors (Lipinski definition) is 4. The lowest BCUT2D eigenvalue weighted by atomic mass is 9.89.